The van der Waals surface area contributed by atoms with Gasteiger partial charge in [-0.2, -0.15) is 0 Å². The van der Waals surface area contributed by atoms with Crippen molar-refractivity contribution in [3.05, 3.63) is 94.7 Å². The van der Waals surface area contributed by atoms with Crippen LogP contribution in [0.25, 0.3) is 0 Å². The first kappa shape index (κ1) is 23.1. The van der Waals surface area contributed by atoms with Gasteiger partial charge in [-0.1, -0.05) is 35.4 Å². The first-order chi connectivity index (χ1) is 16.4. The standard InChI is InChI=1S/C26H22ClN3O4/c1-3-34-21-13-9-18(10-14-21)29-24(31)17-5-4-6-19(15-17)28-23-22(27)25(32)30(26(23)33)20-11-7-16(2)8-12-20/h4-15,28H,3H2,1-2H3,(H,29,31). The van der Waals surface area contributed by atoms with Crippen LogP contribution in [0.3, 0.4) is 0 Å². The van der Waals surface area contributed by atoms with Crippen molar-refractivity contribution in [2.45, 2.75) is 13.8 Å². The summed E-state index contributed by atoms with van der Waals surface area (Å²) in [6.07, 6.45) is 0. The number of amides is 3. The quantitative estimate of drug-likeness (QED) is 0.465. The Hall–Kier alpha value is -4.10. The molecule has 0 fully saturated rings. The molecule has 0 atom stereocenters. The summed E-state index contributed by atoms with van der Waals surface area (Å²) in [5.41, 5.74) is 2.81. The van der Waals surface area contributed by atoms with E-state index in [1.54, 1.807) is 60.7 Å². The normalized spacial score (nSPS) is 13.3. The van der Waals surface area contributed by atoms with Crippen molar-refractivity contribution >= 4 is 46.4 Å². The van der Waals surface area contributed by atoms with Gasteiger partial charge < -0.3 is 15.4 Å². The molecule has 3 aromatic carbocycles. The minimum absolute atomic E-state index is 0.0451. The number of carbonyl (C=O) groups excluding carboxylic acids is 3. The lowest BCUT2D eigenvalue weighted by Crippen LogP contribution is -2.32. The molecule has 0 spiro atoms. The molecule has 172 valence electrons. The molecule has 2 N–H and O–H groups in total. The molecule has 0 unspecified atom stereocenters. The summed E-state index contributed by atoms with van der Waals surface area (Å²) in [7, 11) is 0. The summed E-state index contributed by atoms with van der Waals surface area (Å²) < 4.78 is 5.40. The number of hydrogen-bond acceptors (Lipinski definition) is 5. The van der Waals surface area contributed by atoms with Gasteiger partial charge in [-0.05, 0) is 68.4 Å². The Labute approximate surface area is 202 Å². The zero-order chi connectivity index (χ0) is 24.2. The smallest absolute Gasteiger partial charge is 0.283 e. The van der Waals surface area contributed by atoms with Crippen molar-refractivity contribution < 1.29 is 19.1 Å². The predicted molar refractivity (Wildman–Crippen MR) is 132 cm³/mol. The Morgan fingerprint density at radius 3 is 2.32 bits per heavy atom. The van der Waals surface area contributed by atoms with Crippen LogP contribution in [0, 0.1) is 6.92 Å². The Kier molecular flexibility index (Phi) is 6.65. The highest BCUT2D eigenvalue weighted by atomic mass is 35.5. The van der Waals surface area contributed by atoms with E-state index in [0.29, 0.717) is 35.0 Å². The molecule has 8 heteroatoms. The first-order valence-electron chi connectivity index (χ1n) is 10.6. The molecule has 4 rings (SSSR count). The molecule has 0 aliphatic carbocycles. The van der Waals surface area contributed by atoms with E-state index in [1.807, 2.05) is 26.0 Å². The van der Waals surface area contributed by atoms with Crippen molar-refractivity contribution in [3.63, 3.8) is 0 Å². The lowest BCUT2D eigenvalue weighted by molar-refractivity contribution is -0.120. The Morgan fingerprint density at radius 1 is 0.941 bits per heavy atom. The predicted octanol–water partition coefficient (Wildman–Crippen LogP) is 5.08. The Balaban J connectivity index is 1.49. The third-order valence-corrected chi connectivity index (χ3v) is 5.49. The van der Waals surface area contributed by atoms with E-state index in [4.69, 9.17) is 16.3 Å². The average Bonchev–Trinajstić information content (AvgIpc) is 3.04. The maximum absolute atomic E-state index is 13.0. The van der Waals surface area contributed by atoms with Crippen molar-refractivity contribution in [2.24, 2.45) is 0 Å². The molecular weight excluding hydrogens is 454 g/mol. The third kappa shape index (κ3) is 4.79. The lowest BCUT2D eigenvalue weighted by Gasteiger charge is -2.15. The number of ether oxygens (including phenoxy) is 1. The second kappa shape index (κ2) is 9.80. The number of hydrogen-bond donors (Lipinski definition) is 2. The van der Waals surface area contributed by atoms with Crippen LogP contribution >= 0.6 is 11.6 Å². The van der Waals surface area contributed by atoms with Crippen molar-refractivity contribution in [3.8, 4) is 5.75 Å². The molecule has 0 radical (unpaired) electrons. The zero-order valence-electron chi connectivity index (χ0n) is 18.6. The molecule has 0 saturated heterocycles. The van der Waals surface area contributed by atoms with Crippen LogP contribution < -0.4 is 20.3 Å². The maximum Gasteiger partial charge on any atom is 0.283 e. The van der Waals surface area contributed by atoms with E-state index in [9.17, 15) is 14.4 Å². The van der Waals surface area contributed by atoms with Crippen molar-refractivity contribution in [1.29, 1.82) is 0 Å². The largest absolute Gasteiger partial charge is 0.494 e. The molecule has 1 aliphatic heterocycles. The van der Waals surface area contributed by atoms with Crippen LogP contribution in [-0.4, -0.2) is 24.3 Å². The Morgan fingerprint density at radius 2 is 1.65 bits per heavy atom. The Bertz CT molecular complexity index is 1280. The van der Waals surface area contributed by atoms with Crippen LogP contribution in [0.5, 0.6) is 5.75 Å². The second-order valence-corrected chi connectivity index (χ2v) is 7.97. The topological polar surface area (TPSA) is 87.7 Å². The molecule has 34 heavy (non-hydrogen) atoms. The number of rotatable bonds is 7. The van der Waals surface area contributed by atoms with E-state index >= 15 is 0 Å². The van der Waals surface area contributed by atoms with Gasteiger partial charge in [-0.25, -0.2) is 4.90 Å². The molecule has 1 aliphatic rings. The number of anilines is 3. The second-order valence-electron chi connectivity index (χ2n) is 7.59. The molecule has 3 aromatic rings. The first-order valence-corrected chi connectivity index (χ1v) is 11.0. The van der Waals surface area contributed by atoms with Crippen LogP contribution in [-0.2, 0) is 9.59 Å². The molecule has 7 nitrogen and oxygen atoms in total. The molecule has 1 heterocycles. The number of benzene rings is 3. The maximum atomic E-state index is 13.0. The summed E-state index contributed by atoms with van der Waals surface area (Å²) in [6.45, 7) is 4.37. The van der Waals surface area contributed by atoms with Gasteiger partial charge in [0.2, 0.25) is 0 Å². The molecule has 0 bridgehead atoms. The van der Waals surface area contributed by atoms with Crippen LogP contribution in [0.4, 0.5) is 17.1 Å². The van der Waals surface area contributed by atoms with Gasteiger partial charge in [0.05, 0.1) is 12.3 Å². The fraction of sp³-hybridized carbons (Fsp3) is 0.115. The highest BCUT2D eigenvalue weighted by Gasteiger charge is 2.38. The van der Waals surface area contributed by atoms with Gasteiger partial charge in [-0.15, -0.1) is 0 Å². The summed E-state index contributed by atoms with van der Waals surface area (Å²) >= 11 is 6.21. The number of carbonyl (C=O) groups is 3. The van der Waals surface area contributed by atoms with Crippen molar-refractivity contribution in [2.75, 3.05) is 22.1 Å². The minimum atomic E-state index is -0.609. The zero-order valence-corrected chi connectivity index (χ0v) is 19.3. The molecule has 3 amide bonds. The summed E-state index contributed by atoms with van der Waals surface area (Å²) in [4.78, 5) is 39.4. The van der Waals surface area contributed by atoms with Gasteiger partial charge in [-0.3, -0.25) is 14.4 Å². The van der Waals surface area contributed by atoms with Crippen LogP contribution in [0.2, 0.25) is 0 Å². The fourth-order valence-corrected chi connectivity index (χ4v) is 3.64. The van der Waals surface area contributed by atoms with E-state index < -0.39 is 11.8 Å². The highest BCUT2D eigenvalue weighted by Crippen LogP contribution is 2.30. The fourth-order valence-electron chi connectivity index (χ4n) is 3.43. The molecule has 0 aromatic heterocycles. The van der Waals surface area contributed by atoms with E-state index in [1.165, 1.54) is 0 Å². The average molecular weight is 476 g/mol. The van der Waals surface area contributed by atoms with Gasteiger partial charge in [0.15, 0.2) is 0 Å². The number of aryl methyl sites for hydroxylation is 1. The number of halogens is 1. The van der Waals surface area contributed by atoms with Crippen LogP contribution in [0.15, 0.2) is 83.5 Å². The van der Waals surface area contributed by atoms with E-state index in [-0.39, 0.29) is 16.6 Å². The summed E-state index contributed by atoms with van der Waals surface area (Å²) in [5, 5.41) is 5.51. The van der Waals surface area contributed by atoms with Gasteiger partial charge in [0.1, 0.15) is 16.5 Å². The molecule has 0 saturated carbocycles. The third-order valence-electron chi connectivity index (χ3n) is 5.14. The van der Waals surface area contributed by atoms with Crippen molar-refractivity contribution in [1.82, 2.24) is 0 Å². The van der Waals surface area contributed by atoms with E-state index in [0.717, 1.165) is 10.5 Å². The monoisotopic (exact) mass is 475 g/mol. The van der Waals surface area contributed by atoms with E-state index in [2.05, 4.69) is 10.6 Å². The number of nitrogens with one attached hydrogen (secondary N) is 2. The summed E-state index contributed by atoms with van der Waals surface area (Å²) in [6, 6.07) is 20.6. The number of imide groups is 1. The summed E-state index contributed by atoms with van der Waals surface area (Å²) in [5.74, 6) is -0.791. The SMILES string of the molecule is CCOc1ccc(NC(=O)c2cccc(NC3=C(Cl)C(=O)N(c4ccc(C)cc4)C3=O)c2)cc1. The van der Waals surface area contributed by atoms with Gasteiger partial charge >= 0.3 is 0 Å². The van der Waals surface area contributed by atoms with Gasteiger partial charge in [0.25, 0.3) is 17.7 Å². The lowest BCUT2D eigenvalue weighted by atomic mass is 10.1. The van der Waals surface area contributed by atoms with Crippen LogP contribution in [0.1, 0.15) is 22.8 Å². The highest BCUT2D eigenvalue weighted by molar-refractivity contribution is 6.53. The number of nitrogens with zero attached hydrogens (tertiary/aromatic N) is 1. The molecular formula is C26H22ClN3O4. The van der Waals surface area contributed by atoms with Gasteiger partial charge in [0, 0.05) is 16.9 Å². The minimum Gasteiger partial charge on any atom is -0.494 e.